The summed E-state index contributed by atoms with van der Waals surface area (Å²) in [5.74, 6) is -3.85. The van der Waals surface area contributed by atoms with E-state index in [2.05, 4.69) is 10.2 Å². The van der Waals surface area contributed by atoms with Gasteiger partial charge in [0.1, 0.15) is 5.01 Å². The van der Waals surface area contributed by atoms with Gasteiger partial charge in [-0.15, -0.1) is 21.8 Å². The Bertz CT molecular complexity index is 318. The molecule has 1 rings (SSSR count). The van der Waals surface area contributed by atoms with Crippen molar-refractivity contribution in [1.29, 1.82) is 0 Å². The van der Waals surface area contributed by atoms with E-state index >= 15 is 0 Å². The van der Waals surface area contributed by atoms with Crippen molar-refractivity contribution in [3.05, 3.63) is 10.0 Å². The summed E-state index contributed by atoms with van der Waals surface area (Å²) in [6.45, 7) is 0. The van der Waals surface area contributed by atoms with E-state index in [1.807, 2.05) is 0 Å². The fourth-order valence-electron chi connectivity index (χ4n) is 0.801. The number of hydrogen-bond acceptors (Lipinski definition) is 3. The minimum Gasteiger partial charge on any atom is -0.203 e. The average Bonchev–Trinajstić information content (AvgIpc) is 2.63. The van der Waals surface area contributed by atoms with Gasteiger partial charge in [0.05, 0.1) is 0 Å². The summed E-state index contributed by atoms with van der Waals surface area (Å²) in [4.78, 5) is 0. The molecule has 8 heteroatoms. The van der Waals surface area contributed by atoms with Crippen LogP contribution in [0.2, 0.25) is 0 Å². The molecular formula is C7H7ClF4N2S. The van der Waals surface area contributed by atoms with E-state index in [1.54, 1.807) is 0 Å². The van der Waals surface area contributed by atoms with Gasteiger partial charge in [-0.25, -0.2) is 8.78 Å². The van der Waals surface area contributed by atoms with Crippen LogP contribution in [-0.4, -0.2) is 22.5 Å². The molecule has 0 atom stereocenters. The number of halogens is 5. The van der Waals surface area contributed by atoms with Gasteiger partial charge in [-0.2, -0.15) is 8.78 Å². The number of rotatable bonds is 5. The Morgan fingerprint density at radius 2 is 2.00 bits per heavy atom. The van der Waals surface area contributed by atoms with Crippen LogP contribution < -0.4 is 0 Å². The Hall–Kier alpha value is -0.430. The Morgan fingerprint density at radius 3 is 2.53 bits per heavy atom. The highest BCUT2D eigenvalue weighted by Gasteiger charge is 2.46. The first-order valence-electron chi connectivity index (χ1n) is 4.03. The van der Waals surface area contributed by atoms with Gasteiger partial charge < -0.3 is 0 Å². The zero-order valence-corrected chi connectivity index (χ0v) is 8.96. The highest BCUT2D eigenvalue weighted by Crippen LogP contribution is 2.36. The van der Waals surface area contributed by atoms with Crippen molar-refractivity contribution in [2.45, 2.75) is 25.2 Å². The van der Waals surface area contributed by atoms with Crippen LogP contribution in [0.3, 0.4) is 0 Å². The molecule has 0 N–H and O–H groups in total. The lowest BCUT2D eigenvalue weighted by atomic mass is 10.4. The largest absolute Gasteiger partial charge is 0.359 e. The highest BCUT2D eigenvalue weighted by atomic mass is 35.5. The first kappa shape index (κ1) is 12.6. The van der Waals surface area contributed by atoms with Crippen molar-refractivity contribution in [2.75, 3.05) is 5.88 Å². The van der Waals surface area contributed by atoms with Crippen LogP contribution in [0.4, 0.5) is 17.6 Å². The molecule has 0 amide bonds. The molecule has 15 heavy (non-hydrogen) atoms. The summed E-state index contributed by atoms with van der Waals surface area (Å²) in [6, 6.07) is 0. The number of nitrogens with zero attached hydrogens (tertiary/aromatic N) is 2. The van der Waals surface area contributed by atoms with E-state index < -0.39 is 17.4 Å². The van der Waals surface area contributed by atoms with Crippen LogP contribution in [0.15, 0.2) is 0 Å². The standard InChI is InChI=1S/C7H7ClF4N2S/c8-3-1-2-4-13-14-6(15-4)7(11,12)5(9)10/h5H,1-3H2. The Kier molecular flexibility index (Phi) is 4.27. The van der Waals surface area contributed by atoms with Gasteiger partial charge in [0.25, 0.3) is 0 Å². The lowest BCUT2D eigenvalue weighted by Crippen LogP contribution is -2.23. The topological polar surface area (TPSA) is 25.8 Å². The maximum atomic E-state index is 12.7. The number of hydrogen-bond donors (Lipinski definition) is 0. The third kappa shape index (κ3) is 3.01. The fourth-order valence-corrected chi connectivity index (χ4v) is 1.79. The number of alkyl halides is 5. The van der Waals surface area contributed by atoms with Gasteiger partial charge in [0.2, 0.25) is 0 Å². The summed E-state index contributed by atoms with van der Waals surface area (Å²) in [6.07, 6.45) is -2.83. The molecule has 2 nitrogen and oxygen atoms in total. The Balaban J connectivity index is 2.75. The van der Waals surface area contributed by atoms with Crippen molar-refractivity contribution in [3.8, 4) is 0 Å². The second kappa shape index (κ2) is 5.07. The van der Waals surface area contributed by atoms with Crippen molar-refractivity contribution < 1.29 is 17.6 Å². The molecule has 1 aromatic heterocycles. The molecule has 0 saturated carbocycles. The molecule has 0 bridgehead atoms. The average molecular weight is 263 g/mol. The summed E-state index contributed by atoms with van der Waals surface area (Å²) >= 11 is 5.88. The van der Waals surface area contributed by atoms with E-state index in [0.29, 0.717) is 35.1 Å². The zero-order valence-electron chi connectivity index (χ0n) is 7.39. The normalized spacial score (nSPS) is 12.4. The first-order valence-corrected chi connectivity index (χ1v) is 5.38. The van der Waals surface area contributed by atoms with Crippen molar-refractivity contribution in [3.63, 3.8) is 0 Å². The fraction of sp³-hybridized carbons (Fsp3) is 0.714. The number of aromatic nitrogens is 2. The second-order valence-electron chi connectivity index (χ2n) is 2.72. The molecule has 1 aromatic rings. The lowest BCUT2D eigenvalue weighted by molar-refractivity contribution is -0.135. The summed E-state index contributed by atoms with van der Waals surface area (Å²) < 4.78 is 49.3. The SMILES string of the molecule is FC(F)C(F)(F)c1nnc(CCCCl)s1. The summed E-state index contributed by atoms with van der Waals surface area (Å²) in [5, 5.41) is 5.81. The summed E-state index contributed by atoms with van der Waals surface area (Å²) in [7, 11) is 0. The van der Waals surface area contributed by atoms with E-state index in [4.69, 9.17) is 11.6 Å². The summed E-state index contributed by atoms with van der Waals surface area (Å²) in [5.41, 5.74) is 0. The predicted octanol–water partition coefficient (Wildman–Crippen LogP) is 3.07. The van der Waals surface area contributed by atoms with Gasteiger partial charge >= 0.3 is 12.3 Å². The Morgan fingerprint density at radius 1 is 1.33 bits per heavy atom. The van der Waals surface area contributed by atoms with E-state index in [9.17, 15) is 17.6 Å². The molecule has 0 saturated heterocycles. The van der Waals surface area contributed by atoms with Gasteiger partial charge in [-0.3, -0.25) is 0 Å². The maximum absolute atomic E-state index is 12.7. The van der Waals surface area contributed by atoms with E-state index in [-0.39, 0.29) is 0 Å². The van der Waals surface area contributed by atoms with Gasteiger partial charge in [0.15, 0.2) is 5.01 Å². The highest BCUT2D eigenvalue weighted by molar-refractivity contribution is 7.11. The molecule has 0 radical (unpaired) electrons. The molecule has 0 aliphatic carbocycles. The van der Waals surface area contributed by atoms with Gasteiger partial charge in [0, 0.05) is 12.3 Å². The Labute approximate surface area is 92.3 Å². The van der Waals surface area contributed by atoms with E-state index in [0.717, 1.165) is 0 Å². The molecule has 0 aliphatic heterocycles. The smallest absolute Gasteiger partial charge is 0.203 e. The van der Waals surface area contributed by atoms with Gasteiger partial charge in [-0.1, -0.05) is 11.3 Å². The van der Waals surface area contributed by atoms with Crippen molar-refractivity contribution in [2.24, 2.45) is 0 Å². The quantitative estimate of drug-likeness (QED) is 0.602. The minimum absolute atomic E-state index is 0.297. The molecule has 0 aliphatic rings. The molecule has 0 fully saturated rings. The van der Waals surface area contributed by atoms with Crippen LogP contribution >= 0.6 is 22.9 Å². The van der Waals surface area contributed by atoms with Crippen LogP contribution in [0, 0.1) is 0 Å². The minimum atomic E-state index is -4.21. The lowest BCUT2D eigenvalue weighted by Gasteiger charge is -2.09. The predicted molar refractivity (Wildman–Crippen MR) is 48.8 cm³/mol. The van der Waals surface area contributed by atoms with Crippen LogP contribution in [0.1, 0.15) is 16.4 Å². The molecule has 1 heterocycles. The van der Waals surface area contributed by atoms with Gasteiger partial charge in [-0.05, 0) is 6.42 Å². The van der Waals surface area contributed by atoms with Crippen LogP contribution in [-0.2, 0) is 12.3 Å². The third-order valence-electron chi connectivity index (χ3n) is 1.55. The first-order chi connectivity index (χ1) is 6.98. The number of aryl methyl sites for hydroxylation is 1. The molecule has 0 spiro atoms. The van der Waals surface area contributed by atoms with E-state index in [1.165, 1.54) is 0 Å². The van der Waals surface area contributed by atoms with Crippen LogP contribution in [0.5, 0.6) is 0 Å². The second-order valence-corrected chi connectivity index (χ2v) is 4.16. The maximum Gasteiger partial charge on any atom is 0.359 e. The third-order valence-corrected chi connectivity index (χ3v) is 2.89. The monoisotopic (exact) mass is 262 g/mol. The van der Waals surface area contributed by atoms with Crippen molar-refractivity contribution in [1.82, 2.24) is 10.2 Å². The van der Waals surface area contributed by atoms with Crippen molar-refractivity contribution >= 4 is 22.9 Å². The molecule has 86 valence electrons. The molecule has 0 unspecified atom stereocenters. The molecular weight excluding hydrogens is 256 g/mol. The van der Waals surface area contributed by atoms with Crippen LogP contribution in [0.25, 0.3) is 0 Å². The zero-order chi connectivity index (χ0) is 11.5. The molecule has 0 aromatic carbocycles.